The molecule has 1 saturated heterocycles. The molecule has 1 aliphatic rings. The maximum Gasteiger partial charge on any atom is 0.228 e. The molecule has 0 aromatic heterocycles. The number of nitrogens with zero attached hydrogens (tertiary/aromatic N) is 2. The summed E-state index contributed by atoms with van der Waals surface area (Å²) in [6.07, 6.45) is 1.05. The van der Waals surface area contributed by atoms with Gasteiger partial charge >= 0.3 is 0 Å². The highest BCUT2D eigenvalue weighted by molar-refractivity contribution is 7.90. The Hall–Kier alpha value is -2.81. The molecule has 0 saturated carbocycles. The van der Waals surface area contributed by atoms with Crippen LogP contribution in [0.2, 0.25) is 0 Å². The number of carbonyl (C=O) groups excluding carboxylic acids is 2. The van der Waals surface area contributed by atoms with Crippen LogP contribution in [0.25, 0.3) is 0 Å². The van der Waals surface area contributed by atoms with Gasteiger partial charge in [0.2, 0.25) is 11.8 Å². The predicted molar refractivity (Wildman–Crippen MR) is 108 cm³/mol. The number of hydrogen-bond acceptors (Lipinski definition) is 4. The van der Waals surface area contributed by atoms with Gasteiger partial charge in [-0.25, -0.2) is 17.2 Å². The number of benzene rings is 2. The summed E-state index contributed by atoms with van der Waals surface area (Å²) in [6.45, 7) is 1.80. The van der Waals surface area contributed by atoms with Gasteiger partial charge in [0.05, 0.1) is 22.5 Å². The molecule has 1 heterocycles. The molecule has 2 aromatic carbocycles. The van der Waals surface area contributed by atoms with Crippen LogP contribution in [0.1, 0.15) is 24.9 Å². The van der Waals surface area contributed by atoms with Crippen molar-refractivity contribution < 1.29 is 26.8 Å². The number of sulfone groups is 1. The molecular formula is C21H22F2N2O4S. The summed E-state index contributed by atoms with van der Waals surface area (Å²) in [5.41, 5.74) is 0.688. The summed E-state index contributed by atoms with van der Waals surface area (Å²) in [4.78, 5) is 28.1. The Morgan fingerprint density at radius 1 is 1.17 bits per heavy atom. The van der Waals surface area contributed by atoms with Gasteiger partial charge in [0.1, 0.15) is 11.6 Å². The Labute approximate surface area is 174 Å². The van der Waals surface area contributed by atoms with Crippen molar-refractivity contribution in [3.05, 3.63) is 59.7 Å². The van der Waals surface area contributed by atoms with Crippen molar-refractivity contribution >= 4 is 27.3 Å². The highest BCUT2D eigenvalue weighted by Gasteiger charge is 2.38. The van der Waals surface area contributed by atoms with Gasteiger partial charge in [0.25, 0.3) is 0 Å². The van der Waals surface area contributed by atoms with Crippen LogP contribution >= 0.6 is 0 Å². The monoisotopic (exact) mass is 436 g/mol. The zero-order chi connectivity index (χ0) is 22.2. The number of rotatable bonds is 5. The third-order valence-corrected chi connectivity index (χ3v) is 6.52. The van der Waals surface area contributed by atoms with Gasteiger partial charge in [-0.05, 0) is 36.8 Å². The first-order chi connectivity index (χ1) is 14.0. The summed E-state index contributed by atoms with van der Waals surface area (Å²) in [5.74, 6) is -2.95. The predicted octanol–water partition coefficient (Wildman–Crippen LogP) is 2.94. The molecule has 0 aliphatic carbocycles. The fourth-order valence-corrected chi connectivity index (χ4v) is 4.13. The van der Waals surface area contributed by atoms with Crippen molar-refractivity contribution in [1.82, 2.24) is 4.90 Å². The maximum absolute atomic E-state index is 14.1. The number of carbonyl (C=O) groups is 2. The topological polar surface area (TPSA) is 74.8 Å². The average Bonchev–Trinajstić information content (AvgIpc) is 3.07. The van der Waals surface area contributed by atoms with E-state index in [4.69, 9.17) is 0 Å². The highest BCUT2D eigenvalue weighted by atomic mass is 32.2. The number of hydrogen-bond donors (Lipinski definition) is 0. The van der Waals surface area contributed by atoms with E-state index in [0.29, 0.717) is 6.07 Å². The van der Waals surface area contributed by atoms with E-state index in [9.17, 15) is 26.8 Å². The second-order valence-corrected chi connectivity index (χ2v) is 9.48. The van der Waals surface area contributed by atoms with Gasteiger partial charge in [0, 0.05) is 32.3 Å². The molecule has 2 atom stereocenters. The van der Waals surface area contributed by atoms with Crippen molar-refractivity contribution in [3.63, 3.8) is 0 Å². The molecule has 0 spiro atoms. The molecule has 3 rings (SSSR count). The van der Waals surface area contributed by atoms with E-state index < -0.39 is 33.3 Å². The quantitative estimate of drug-likeness (QED) is 0.722. The lowest BCUT2D eigenvalue weighted by Crippen LogP contribution is -2.36. The molecule has 0 N–H and O–H groups in total. The minimum atomic E-state index is -3.32. The second-order valence-electron chi connectivity index (χ2n) is 7.47. The normalized spacial score (nSPS) is 17.8. The van der Waals surface area contributed by atoms with Gasteiger partial charge < -0.3 is 9.80 Å². The molecule has 2 amide bonds. The van der Waals surface area contributed by atoms with Crippen LogP contribution in [0.3, 0.4) is 0 Å². The van der Waals surface area contributed by atoms with Crippen LogP contribution in [0.5, 0.6) is 0 Å². The largest absolute Gasteiger partial charge is 0.339 e. The number of amides is 2. The summed E-state index contributed by atoms with van der Waals surface area (Å²) in [5, 5.41) is 0. The standard InChI is InChI=1S/C21H22F2N2O4S/c1-13(14-4-7-17(8-5-14)30(3,28)29)24(2)21(27)15-10-20(26)25(12-15)19-9-6-16(22)11-18(19)23/h4-9,11,13,15H,10,12H2,1-3H3. The maximum atomic E-state index is 14.1. The summed E-state index contributed by atoms with van der Waals surface area (Å²) in [6, 6.07) is 8.84. The van der Waals surface area contributed by atoms with E-state index in [-0.39, 0.29) is 35.5 Å². The van der Waals surface area contributed by atoms with Crippen LogP contribution in [0, 0.1) is 17.6 Å². The third kappa shape index (κ3) is 4.35. The third-order valence-electron chi connectivity index (χ3n) is 5.39. The fourth-order valence-electron chi connectivity index (χ4n) is 3.50. The van der Waals surface area contributed by atoms with Crippen molar-refractivity contribution in [1.29, 1.82) is 0 Å². The molecule has 1 aliphatic heterocycles. The first-order valence-corrected chi connectivity index (χ1v) is 11.2. The zero-order valence-electron chi connectivity index (χ0n) is 16.8. The fraction of sp³-hybridized carbons (Fsp3) is 0.333. The lowest BCUT2D eigenvalue weighted by Gasteiger charge is -2.28. The van der Waals surface area contributed by atoms with Crippen LogP contribution in [-0.2, 0) is 19.4 Å². The molecule has 0 bridgehead atoms. The van der Waals surface area contributed by atoms with Gasteiger partial charge in [-0.1, -0.05) is 12.1 Å². The van der Waals surface area contributed by atoms with Crippen LogP contribution in [0.15, 0.2) is 47.4 Å². The summed E-state index contributed by atoms with van der Waals surface area (Å²) < 4.78 is 50.4. The van der Waals surface area contributed by atoms with E-state index in [1.807, 2.05) is 0 Å². The van der Waals surface area contributed by atoms with Crippen molar-refractivity contribution in [2.45, 2.75) is 24.3 Å². The van der Waals surface area contributed by atoms with Gasteiger partial charge in [-0.3, -0.25) is 9.59 Å². The molecule has 1 fully saturated rings. The minimum absolute atomic E-state index is 0.00426. The van der Waals surface area contributed by atoms with Gasteiger partial charge in [-0.15, -0.1) is 0 Å². The van der Waals surface area contributed by atoms with Crippen LogP contribution in [0.4, 0.5) is 14.5 Å². The smallest absolute Gasteiger partial charge is 0.228 e. The Morgan fingerprint density at radius 3 is 2.37 bits per heavy atom. The Morgan fingerprint density at radius 2 is 1.80 bits per heavy atom. The Bertz CT molecular complexity index is 1090. The molecule has 2 unspecified atom stereocenters. The van der Waals surface area contributed by atoms with Crippen LogP contribution < -0.4 is 4.90 Å². The first-order valence-electron chi connectivity index (χ1n) is 9.31. The van der Waals surface area contributed by atoms with Gasteiger partial charge in [-0.2, -0.15) is 0 Å². The molecule has 160 valence electrons. The van der Waals surface area contributed by atoms with Crippen molar-refractivity contribution in [3.8, 4) is 0 Å². The minimum Gasteiger partial charge on any atom is -0.339 e. The summed E-state index contributed by atoms with van der Waals surface area (Å²) in [7, 11) is -1.72. The second kappa shape index (κ2) is 8.14. The number of anilines is 1. The average molecular weight is 436 g/mol. The molecule has 9 heteroatoms. The van der Waals surface area contributed by atoms with Crippen molar-refractivity contribution in [2.75, 3.05) is 24.7 Å². The molecule has 0 radical (unpaired) electrons. The Balaban J connectivity index is 1.73. The molecule has 2 aromatic rings. The first kappa shape index (κ1) is 21.9. The van der Waals surface area contributed by atoms with Crippen molar-refractivity contribution in [2.24, 2.45) is 5.92 Å². The van der Waals surface area contributed by atoms with Crippen LogP contribution in [-0.4, -0.2) is 45.0 Å². The summed E-state index contributed by atoms with van der Waals surface area (Å²) >= 11 is 0. The Kier molecular flexibility index (Phi) is 5.94. The lowest BCUT2D eigenvalue weighted by molar-refractivity contribution is -0.136. The van der Waals surface area contributed by atoms with E-state index >= 15 is 0 Å². The van der Waals surface area contributed by atoms with E-state index in [1.54, 1.807) is 26.1 Å². The molecule has 30 heavy (non-hydrogen) atoms. The number of halogens is 2. The van der Waals surface area contributed by atoms with E-state index in [2.05, 4.69) is 0 Å². The SMILES string of the molecule is CC(c1ccc(S(C)(=O)=O)cc1)N(C)C(=O)C1CC(=O)N(c2ccc(F)cc2F)C1. The van der Waals surface area contributed by atoms with E-state index in [1.165, 1.54) is 23.1 Å². The lowest BCUT2D eigenvalue weighted by atomic mass is 10.0. The zero-order valence-corrected chi connectivity index (χ0v) is 17.6. The van der Waals surface area contributed by atoms with Gasteiger partial charge in [0.15, 0.2) is 9.84 Å². The molecular weight excluding hydrogens is 414 g/mol. The molecule has 6 nitrogen and oxygen atoms in total. The highest BCUT2D eigenvalue weighted by Crippen LogP contribution is 2.30. The van der Waals surface area contributed by atoms with E-state index in [0.717, 1.165) is 22.8 Å².